The molecule has 0 radical (unpaired) electrons. The van der Waals surface area contributed by atoms with E-state index in [1.54, 1.807) is 0 Å². The van der Waals surface area contributed by atoms with Crippen molar-refractivity contribution in [2.24, 2.45) is 0 Å². The molecule has 34 heavy (non-hydrogen) atoms. The van der Waals surface area contributed by atoms with E-state index < -0.39 is 0 Å². The number of rotatable bonds is 4. The maximum Gasteiger partial charge on any atom is 0.174 e. The molecule has 1 aliphatic heterocycles. The molecule has 1 fully saturated rings. The summed E-state index contributed by atoms with van der Waals surface area (Å²) >= 11 is 9.45. The summed E-state index contributed by atoms with van der Waals surface area (Å²) in [4.78, 5) is 6.92. The van der Waals surface area contributed by atoms with Gasteiger partial charge in [0.05, 0.1) is 17.8 Å². The van der Waals surface area contributed by atoms with Crippen LogP contribution in [0.3, 0.4) is 0 Å². The summed E-state index contributed by atoms with van der Waals surface area (Å²) in [5.74, 6) is 0. The predicted molar refractivity (Wildman–Crippen MR) is 147 cm³/mol. The van der Waals surface area contributed by atoms with Crippen LogP contribution in [0.2, 0.25) is 0 Å². The maximum atomic E-state index is 5.89. The van der Waals surface area contributed by atoms with E-state index in [0.29, 0.717) is 5.11 Å². The Morgan fingerprint density at radius 2 is 1.59 bits per heavy atom. The molecule has 0 unspecified atom stereocenters. The minimum absolute atomic E-state index is 0.0329. The fourth-order valence-electron chi connectivity index (χ4n) is 5.11. The van der Waals surface area contributed by atoms with Crippen LogP contribution in [0.5, 0.6) is 0 Å². The number of aromatic nitrogens is 2. The summed E-state index contributed by atoms with van der Waals surface area (Å²) in [6.07, 6.45) is 1.85. The Hall–Kier alpha value is -2.96. The normalized spacial score (nSPS) is 17.8. The van der Waals surface area contributed by atoms with E-state index in [4.69, 9.17) is 17.2 Å². The summed E-state index contributed by atoms with van der Waals surface area (Å²) < 4.78 is 3.39. The summed E-state index contributed by atoms with van der Waals surface area (Å²) in [7, 11) is 0. The van der Waals surface area contributed by atoms with E-state index in [2.05, 4.69) is 113 Å². The first-order valence-electron chi connectivity index (χ1n) is 11.4. The van der Waals surface area contributed by atoms with Gasteiger partial charge in [-0.1, -0.05) is 28.1 Å². The van der Waals surface area contributed by atoms with Crippen LogP contribution in [-0.2, 0) is 0 Å². The average molecular weight is 532 g/mol. The Morgan fingerprint density at radius 3 is 2.24 bits per heavy atom. The van der Waals surface area contributed by atoms with Gasteiger partial charge in [-0.15, -0.1) is 0 Å². The molecular formula is C28H27BrN4S. The highest BCUT2D eigenvalue weighted by molar-refractivity contribution is 9.10. The monoisotopic (exact) mass is 530 g/mol. The Bertz CT molecular complexity index is 1340. The molecule has 1 aliphatic rings. The predicted octanol–water partition coefficient (Wildman–Crippen LogP) is 7.05. The molecule has 2 aromatic heterocycles. The zero-order chi connectivity index (χ0) is 24.0. The number of hydrogen-bond acceptors (Lipinski definition) is 2. The van der Waals surface area contributed by atoms with Gasteiger partial charge < -0.3 is 14.8 Å². The summed E-state index contributed by atoms with van der Waals surface area (Å²) in [6.45, 7) is 8.68. The Balaban J connectivity index is 1.69. The van der Waals surface area contributed by atoms with Crippen LogP contribution in [0.15, 0.2) is 77.4 Å². The molecule has 172 valence electrons. The second-order valence-electron chi connectivity index (χ2n) is 8.98. The molecule has 5 rings (SSSR count). The number of halogens is 1. The van der Waals surface area contributed by atoms with Gasteiger partial charge in [0.2, 0.25) is 0 Å². The van der Waals surface area contributed by atoms with Crippen molar-refractivity contribution >= 4 is 38.9 Å². The molecule has 0 saturated carbocycles. The van der Waals surface area contributed by atoms with E-state index in [1.807, 2.05) is 18.3 Å². The van der Waals surface area contributed by atoms with Crippen LogP contribution >= 0.6 is 28.1 Å². The molecule has 0 amide bonds. The summed E-state index contributed by atoms with van der Waals surface area (Å²) in [6, 6.07) is 23.3. The molecule has 6 heteroatoms. The first-order valence-corrected chi connectivity index (χ1v) is 12.6. The fraction of sp³-hybridized carbons (Fsp3) is 0.214. The first-order chi connectivity index (χ1) is 16.3. The number of aryl methyl sites for hydroxylation is 3. The van der Waals surface area contributed by atoms with E-state index >= 15 is 0 Å². The largest absolute Gasteiger partial charge is 0.351 e. The lowest BCUT2D eigenvalue weighted by Gasteiger charge is -2.28. The van der Waals surface area contributed by atoms with Crippen LogP contribution in [0.4, 0.5) is 5.69 Å². The number of thiocarbonyl (C=S) groups is 1. The second kappa shape index (κ2) is 9.01. The number of hydrogen-bond donors (Lipinski definition) is 1. The highest BCUT2D eigenvalue weighted by Crippen LogP contribution is 2.44. The molecule has 4 nitrogen and oxygen atoms in total. The van der Waals surface area contributed by atoms with Crippen molar-refractivity contribution in [2.75, 3.05) is 4.90 Å². The molecule has 2 aromatic carbocycles. The first kappa shape index (κ1) is 22.8. The minimum atomic E-state index is -0.0643. The van der Waals surface area contributed by atoms with Gasteiger partial charge in [-0.05, 0) is 111 Å². The Labute approximate surface area is 214 Å². The van der Waals surface area contributed by atoms with Crippen molar-refractivity contribution in [3.8, 4) is 5.69 Å². The smallest absolute Gasteiger partial charge is 0.174 e. The van der Waals surface area contributed by atoms with Crippen LogP contribution in [0, 0.1) is 27.7 Å². The number of benzene rings is 2. The third-order valence-corrected chi connectivity index (χ3v) is 7.30. The van der Waals surface area contributed by atoms with Gasteiger partial charge in [0, 0.05) is 33.4 Å². The maximum absolute atomic E-state index is 5.89. The van der Waals surface area contributed by atoms with E-state index in [-0.39, 0.29) is 12.1 Å². The summed E-state index contributed by atoms with van der Waals surface area (Å²) in [5.41, 5.74) is 9.39. The number of pyridine rings is 1. The lowest BCUT2D eigenvalue weighted by atomic mass is 9.96. The zero-order valence-corrected chi connectivity index (χ0v) is 22.1. The molecule has 3 heterocycles. The molecule has 0 bridgehead atoms. The molecule has 2 atom stereocenters. The van der Waals surface area contributed by atoms with Crippen molar-refractivity contribution in [3.05, 3.63) is 111 Å². The van der Waals surface area contributed by atoms with E-state index in [0.717, 1.165) is 15.9 Å². The molecule has 4 aromatic rings. The average Bonchev–Trinajstić information content (AvgIpc) is 3.29. The topological polar surface area (TPSA) is 33.1 Å². The second-order valence-corrected chi connectivity index (χ2v) is 10.3. The van der Waals surface area contributed by atoms with Crippen molar-refractivity contribution in [3.63, 3.8) is 0 Å². The fourth-order valence-corrected chi connectivity index (χ4v) is 5.73. The Morgan fingerprint density at radius 1 is 0.882 bits per heavy atom. The molecule has 1 N–H and O–H groups in total. The van der Waals surface area contributed by atoms with Crippen LogP contribution < -0.4 is 10.2 Å². The minimum Gasteiger partial charge on any atom is -0.351 e. The van der Waals surface area contributed by atoms with Gasteiger partial charge >= 0.3 is 0 Å². The van der Waals surface area contributed by atoms with Crippen molar-refractivity contribution in [2.45, 2.75) is 39.8 Å². The Kier molecular flexibility index (Phi) is 6.04. The van der Waals surface area contributed by atoms with E-state index in [1.165, 1.54) is 33.8 Å². The highest BCUT2D eigenvalue weighted by Gasteiger charge is 2.42. The quantitative estimate of drug-likeness (QED) is 0.286. The van der Waals surface area contributed by atoms with Gasteiger partial charge in [-0.3, -0.25) is 4.98 Å². The number of nitrogens with one attached hydrogen (secondary N) is 1. The van der Waals surface area contributed by atoms with Gasteiger partial charge in [0.25, 0.3) is 0 Å². The van der Waals surface area contributed by atoms with Crippen LogP contribution in [0.25, 0.3) is 5.69 Å². The van der Waals surface area contributed by atoms with Gasteiger partial charge in [0.15, 0.2) is 5.11 Å². The lowest BCUT2D eigenvalue weighted by Crippen LogP contribution is -2.29. The van der Waals surface area contributed by atoms with Crippen molar-refractivity contribution in [1.29, 1.82) is 0 Å². The van der Waals surface area contributed by atoms with Crippen LogP contribution in [0.1, 0.15) is 45.9 Å². The van der Waals surface area contributed by atoms with Crippen molar-refractivity contribution in [1.82, 2.24) is 14.9 Å². The standard InChI is InChI=1S/C28H27BrN4S/c1-17-13-18(2)15-23(14-17)32-19(3)16-24(20(32)4)27-26(25-7-5-6-12-30-25)31-28(34)33(27)22-10-8-21(29)9-11-22/h5-16,26-27H,1-4H3,(H,31,34)/t26-,27+/m1/s1. The van der Waals surface area contributed by atoms with E-state index in [9.17, 15) is 0 Å². The third-order valence-electron chi connectivity index (χ3n) is 6.46. The SMILES string of the molecule is Cc1cc(C)cc(-n2c(C)cc([C@H]3[C@@H](c4ccccn4)NC(=S)N3c3ccc(Br)cc3)c2C)c1. The van der Waals surface area contributed by atoms with Gasteiger partial charge in [-0.2, -0.15) is 0 Å². The van der Waals surface area contributed by atoms with Gasteiger partial charge in [-0.25, -0.2) is 0 Å². The molecule has 0 aliphatic carbocycles. The third kappa shape index (κ3) is 4.05. The number of nitrogens with zero attached hydrogens (tertiary/aromatic N) is 3. The molecular weight excluding hydrogens is 504 g/mol. The van der Waals surface area contributed by atoms with Crippen LogP contribution in [-0.4, -0.2) is 14.7 Å². The molecule has 1 saturated heterocycles. The lowest BCUT2D eigenvalue weighted by molar-refractivity contribution is 0.565. The van der Waals surface area contributed by atoms with Crippen molar-refractivity contribution < 1.29 is 0 Å². The number of anilines is 1. The summed E-state index contributed by atoms with van der Waals surface area (Å²) in [5, 5.41) is 4.28. The van der Waals surface area contributed by atoms with Gasteiger partial charge in [0.1, 0.15) is 0 Å². The zero-order valence-electron chi connectivity index (χ0n) is 19.7. The highest BCUT2D eigenvalue weighted by atomic mass is 79.9. The molecule has 0 spiro atoms.